The molecule has 2 fully saturated rings. The van der Waals surface area contributed by atoms with Crippen molar-refractivity contribution in [2.24, 2.45) is 7.05 Å². The average Bonchev–Trinajstić information content (AvgIpc) is 3.17. The van der Waals surface area contributed by atoms with Gasteiger partial charge in [-0.25, -0.2) is 4.98 Å². The van der Waals surface area contributed by atoms with Gasteiger partial charge in [-0.05, 0) is 44.4 Å². The highest BCUT2D eigenvalue weighted by Gasteiger charge is 2.46. The average molecular weight is 358 g/mol. The zero-order valence-corrected chi connectivity index (χ0v) is 15.4. The minimum absolute atomic E-state index is 0.0541. The van der Waals surface area contributed by atoms with Gasteiger partial charge in [-0.2, -0.15) is 0 Å². The van der Waals surface area contributed by atoms with Gasteiger partial charge in [0.25, 0.3) is 0 Å². The van der Waals surface area contributed by atoms with E-state index in [4.69, 9.17) is 4.74 Å². The van der Waals surface area contributed by atoms with Crippen LogP contribution in [0.15, 0.2) is 18.2 Å². The van der Waals surface area contributed by atoms with E-state index in [1.807, 2.05) is 36.7 Å². The molecule has 140 valence electrons. The van der Waals surface area contributed by atoms with Crippen LogP contribution in [-0.2, 0) is 16.6 Å². The molecule has 7 heteroatoms. The van der Waals surface area contributed by atoms with Crippen LogP contribution in [-0.4, -0.2) is 63.4 Å². The van der Waals surface area contributed by atoms with Crippen LogP contribution in [0.5, 0.6) is 0 Å². The summed E-state index contributed by atoms with van der Waals surface area (Å²) < 4.78 is 7.88. The second kappa shape index (κ2) is 6.64. The normalized spacial score (nSPS) is 26.7. The molecule has 0 aliphatic carbocycles. The number of imidazole rings is 1. The Bertz CT molecular complexity index is 826. The Balaban J connectivity index is 1.41. The number of rotatable bonds is 3. The van der Waals surface area contributed by atoms with E-state index in [1.54, 1.807) is 0 Å². The molecule has 0 saturated carbocycles. The Hall–Kier alpha value is -1.96. The SMILES string of the molecule is Cc1nc2cc(NC(=O)CN3CC[C@H](O)[C@]4(CCCO4)C3)ccc2n1C. The third-order valence-electron chi connectivity index (χ3n) is 5.71. The number of likely N-dealkylation sites (tertiary alicyclic amines) is 1. The lowest BCUT2D eigenvalue weighted by molar-refractivity contribution is -0.137. The second-order valence-corrected chi connectivity index (χ2v) is 7.50. The van der Waals surface area contributed by atoms with Gasteiger partial charge in [-0.3, -0.25) is 9.69 Å². The summed E-state index contributed by atoms with van der Waals surface area (Å²) in [5.74, 6) is 0.888. The van der Waals surface area contributed by atoms with Crippen LogP contribution < -0.4 is 5.32 Å². The van der Waals surface area contributed by atoms with Gasteiger partial charge in [-0.1, -0.05) is 0 Å². The third-order valence-corrected chi connectivity index (χ3v) is 5.71. The number of nitrogens with zero attached hydrogens (tertiary/aromatic N) is 3. The third kappa shape index (κ3) is 3.11. The summed E-state index contributed by atoms with van der Waals surface area (Å²) in [6.07, 6.45) is 2.05. The van der Waals surface area contributed by atoms with Crippen molar-refractivity contribution in [2.75, 3.05) is 31.6 Å². The number of fused-ring (bicyclic) bond motifs is 1. The predicted molar refractivity (Wildman–Crippen MR) is 99.1 cm³/mol. The van der Waals surface area contributed by atoms with Crippen LogP contribution in [0.4, 0.5) is 5.69 Å². The van der Waals surface area contributed by atoms with Crippen molar-refractivity contribution in [3.63, 3.8) is 0 Å². The fourth-order valence-corrected chi connectivity index (χ4v) is 4.17. The lowest BCUT2D eigenvalue weighted by Crippen LogP contribution is -2.57. The molecule has 26 heavy (non-hydrogen) atoms. The van der Waals surface area contributed by atoms with E-state index < -0.39 is 11.7 Å². The van der Waals surface area contributed by atoms with Crippen molar-refractivity contribution in [1.29, 1.82) is 0 Å². The van der Waals surface area contributed by atoms with E-state index in [9.17, 15) is 9.90 Å². The topological polar surface area (TPSA) is 79.6 Å². The van der Waals surface area contributed by atoms with Gasteiger partial charge in [0.05, 0.1) is 23.7 Å². The maximum atomic E-state index is 12.5. The molecule has 0 bridgehead atoms. The van der Waals surface area contributed by atoms with Gasteiger partial charge in [0.15, 0.2) is 0 Å². The number of hydrogen-bond donors (Lipinski definition) is 2. The molecule has 7 nitrogen and oxygen atoms in total. The molecule has 1 amide bonds. The molecule has 1 aromatic carbocycles. The number of aromatic nitrogens is 2. The zero-order valence-electron chi connectivity index (χ0n) is 15.4. The summed E-state index contributed by atoms with van der Waals surface area (Å²) in [7, 11) is 1.98. The lowest BCUT2D eigenvalue weighted by atomic mass is 9.87. The fourth-order valence-electron chi connectivity index (χ4n) is 4.17. The van der Waals surface area contributed by atoms with Gasteiger partial charge in [0.1, 0.15) is 11.4 Å². The molecule has 1 spiro atoms. The summed E-state index contributed by atoms with van der Waals surface area (Å²) >= 11 is 0. The molecular formula is C19H26N4O3. The fraction of sp³-hybridized carbons (Fsp3) is 0.579. The minimum atomic E-state index is -0.483. The van der Waals surface area contributed by atoms with Crippen molar-refractivity contribution < 1.29 is 14.6 Å². The van der Waals surface area contributed by atoms with Crippen molar-refractivity contribution >= 4 is 22.6 Å². The lowest BCUT2D eigenvalue weighted by Gasteiger charge is -2.42. The highest BCUT2D eigenvalue weighted by Crippen LogP contribution is 2.34. The number of ether oxygens (including phenoxy) is 1. The maximum Gasteiger partial charge on any atom is 0.238 e. The van der Waals surface area contributed by atoms with Crippen LogP contribution >= 0.6 is 0 Å². The quantitative estimate of drug-likeness (QED) is 0.868. The predicted octanol–water partition coefficient (Wildman–Crippen LogP) is 1.44. The van der Waals surface area contributed by atoms with E-state index in [0.29, 0.717) is 32.7 Å². The van der Waals surface area contributed by atoms with E-state index in [1.165, 1.54) is 0 Å². The zero-order chi connectivity index (χ0) is 18.3. The smallest absolute Gasteiger partial charge is 0.238 e. The Labute approximate surface area is 152 Å². The molecule has 2 saturated heterocycles. The highest BCUT2D eigenvalue weighted by molar-refractivity contribution is 5.94. The molecule has 2 aliphatic rings. The van der Waals surface area contributed by atoms with Gasteiger partial charge >= 0.3 is 0 Å². The number of amides is 1. The molecule has 2 N–H and O–H groups in total. The number of carbonyl (C=O) groups is 1. The largest absolute Gasteiger partial charge is 0.390 e. The molecule has 2 aromatic rings. The first-order valence-corrected chi connectivity index (χ1v) is 9.24. The number of benzene rings is 1. The van der Waals surface area contributed by atoms with Crippen LogP contribution in [0, 0.1) is 6.92 Å². The molecule has 4 rings (SSSR count). The molecular weight excluding hydrogens is 332 g/mol. The maximum absolute atomic E-state index is 12.5. The van der Waals surface area contributed by atoms with Crippen LogP contribution in [0.1, 0.15) is 25.1 Å². The minimum Gasteiger partial charge on any atom is -0.390 e. The monoisotopic (exact) mass is 358 g/mol. The Morgan fingerprint density at radius 1 is 1.50 bits per heavy atom. The molecule has 3 heterocycles. The Morgan fingerprint density at radius 3 is 3.12 bits per heavy atom. The van der Waals surface area contributed by atoms with Gasteiger partial charge in [0.2, 0.25) is 5.91 Å². The number of aryl methyl sites for hydroxylation is 2. The van der Waals surface area contributed by atoms with Gasteiger partial charge in [-0.15, -0.1) is 0 Å². The molecule has 2 atom stereocenters. The number of hydrogen-bond acceptors (Lipinski definition) is 5. The second-order valence-electron chi connectivity index (χ2n) is 7.50. The Morgan fingerprint density at radius 2 is 2.35 bits per heavy atom. The summed E-state index contributed by atoms with van der Waals surface area (Å²) in [5.41, 5.74) is 2.20. The van der Waals surface area contributed by atoms with Crippen molar-refractivity contribution in [2.45, 2.75) is 37.9 Å². The number of piperidine rings is 1. The van der Waals surface area contributed by atoms with E-state index in [2.05, 4.69) is 15.2 Å². The molecule has 0 unspecified atom stereocenters. The molecule has 1 aromatic heterocycles. The van der Waals surface area contributed by atoms with Gasteiger partial charge < -0.3 is 19.7 Å². The number of carbonyl (C=O) groups excluding carboxylic acids is 1. The first kappa shape index (κ1) is 17.5. The van der Waals surface area contributed by atoms with E-state index in [-0.39, 0.29) is 5.91 Å². The molecule has 2 aliphatic heterocycles. The number of aliphatic hydroxyl groups is 1. The standard InChI is InChI=1S/C19H26N4O3/c1-13-20-15-10-14(4-5-16(15)22(13)2)21-18(25)11-23-8-6-17(24)19(12-23)7-3-9-26-19/h4-5,10,17,24H,3,6-9,11-12H2,1-2H3,(H,21,25)/t17-,19-/m0/s1. The number of anilines is 1. The van der Waals surface area contributed by atoms with Crippen LogP contribution in [0.2, 0.25) is 0 Å². The van der Waals surface area contributed by atoms with Crippen molar-refractivity contribution in [3.8, 4) is 0 Å². The van der Waals surface area contributed by atoms with Crippen molar-refractivity contribution in [1.82, 2.24) is 14.5 Å². The summed E-state index contributed by atoms with van der Waals surface area (Å²) in [4.78, 5) is 19.1. The first-order valence-electron chi connectivity index (χ1n) is 9.24. The number of nitrogens with one attached hydrogen (secondary N) is 1. The van der Waals surface area contributed by atoms with Gasteiger partial charge in [0, 0.05) is 32.4 Å². The van der Waals surface area contributed by atoms with Crippen LogP contribution in [0.25, 0.3) is 11.0 Å². The van der Waals surface area contributed by atoms with Crippen molar-refractivity contribution in [3.05, 3.63) is 24.0 Å². The summed E-state index contributed by atoms with van der Waals surface area (Å²) in [5, 5.41) is 13.3. The molecule has 0 radical (unpaired) electrons. The van der Waals surface area contributed by atoms with E-state index >= 15 is 0 Å². The Kier molecular flexibility index (Phi) is 4.46. The van der Waals surface area contributed by atoms with E-state index in [0.717, 1.165) is 35.4 Å². The first-order chi connectivity index (χ1) is 12.5. The summed E-state index contributed by atoms with van der Waals surface area (Å²) in [6, 6.07) is 5.79. The summed E-state index contributed by atoms with van der Waals surface area (Å²) in [6.45, 7) is 4.28. The van der Waals surface area contributed by atoms with Crippen LogP contribution in [0.3, 0.4) is 0 Å². The number of aliphatic hydroxyl groups excluding tert-OH is 1. The highest BCUT2D eigenvalue weighted by atomic mass is 16.5.